The van der Waals surface area contributed by atoms with Crippen LogP contribution in [0.15, 0.2) is 36.4 Å². The Morgan fingerprint density at radius 2 is 1.86 bits per heavy atom. The molecule has 1 fully saturated rings. The monoisotopic (exact) mass is 513 g/mol. The van der Waals surface area contributed by atoms with Crippen LogP contribution in [0.3, 0.4) is 0 Å². The van der Waals surface area contributed by atoms with Gasteiger partial charge in [-0.1, -0.05) is 17.4 Å². The number of ether oxygens (including phenoxy) is 4. The zero-order chi connectivity index (χ0) is 25.3. The lowest BCUT2D eigenvalue weighted by Gasteiger charge is -2.26. The third-order valence-electron chi connectivity index (χ3n) is 5.86. The molecule has 1 N–H and O–H groups in total. The minimum absolute atomic E-state index is 0.106. The number of carbonyl (C=O) groups excluding carboxylic acids is 2. The first-order valence-electron chi connectivity index (χ1n) is 12.0. The van der Waals surface area contributed by atoms with E-state index < -0.39 is 0 Å². The highest BCUT2D eigenvalue weighted by atomic mass is 32.1. The molecule has 0 bridgehead atoms. The molecule has 2 amide bonds. The van der Waals surface area contributed by atoms with Gasteiger partial charge in [0.2, 0.25) is 11.8 Å². The van der Waals surface area contributed by atoms with Gasteiger partial charge in [0.05, 0.1) is 44.3 Å². The number of hydrogen-bond acceptors (Lipinski definition) is 8. The van der Waals surface area contributed by atoms with Gasteiger partial charge in [0.15, 0.2) is 16.6 Å². The molecule has 1 saturated heterocycles. The second kappa shape index (κ2) is 12.5. The Hall–Kier alpha value is -3.37. The average Bonchev–Trinajstić information content (AvgIpc) is 3.31. The van der Waals surface area contributed by atoms with Crippen molar-refractivity contribution in [3.63, 3.8) is 0 Å². The van der Waals surface area contributed by atoms with Crippen molar-refractivity contribution in [1.29, 1.82) is 0 Å². The van der Waals surface area contributed by atoms with E-state index in [1.54, 1.807) is 14.2 Å². The number of fused-ring (bicyclic) bond motifs is 1. The number of nitrogens with one attached hydrogen (secondary N) is 1. The lowest BCUT2D eigenvalue weighted by atomic mass is 10.1. The number of rotatable bonds is 11. The molecular weight excluding hydrogens is 482 g/mol. The van der Waals surface area contributed by atoms with Crippen LogP contribution in [-0.2, 0) is 20.7 Å². The first kappa shape index (κ1) is 25.7. The summed E-state index contributed by atoms with van der Waals surface area (Å²) in [5.74, 6) is 2.06. The summed E-state index contributed by atoms with van der Waals surface area (Å²) < 4.78 is 22.6. The molecular formula is C26H31N3O6S. The van der Waals surface area contributed by atoms with E-state index in [0.29, 0.717) is 75.2 Å². The van der Waals surface area contributed by atoms with E-state index in [1.807, 2.05) is 41.3 Å². The molecule has 1 aliphatic heterocycles. The molecule has 0 unspecified atom stereocenters. The van der Waals surface area contributed by atoms with Gasteiger partial charge in [-0.3, -0.25) is 9.59 Å². The number of nitrogens with zero attached hydrogens (tertiary/aromatic N) is 2. The van der Waals surface area contributed by atoms with Gasteiger partial charge in [-0.15, -0.1) is 0 Å². The van der Waals surface area contributed by atoms with Crippen molar-refractivity contribution in [2.75, 3.05) is 52.4 Å². The van der Waals surface area contributed by atoms with E-state index in [-0.39, 0.29) is 11.8 Å². The predicted molar refractivity (Wildman–Crippen MR) is 138 cm³/mol. The summed E-state index contributed by atoms with van der Waals surface area (Å²) in [6.07, 6.45) is 2.01. The molecule has 3 aromatic rings. The maximum Gasteiger partial charge on any atom is 0.226 e. The van der Waals surface area contributed by atoms with Gasteiger partial charge in [-0.05, 0) is 48.7 Å². The molecule has 2 heterocycles. The van der Waals surface area contributed by atoms with Gasteiger partial charge in [0.1, 0.15) is 5.75 Å². The number of methoxy groups -OCH3 is 2. The summed E-state index contributed by atoms with van der Waals surface area (Å²) in [6, 6.07) is 11.3. The van der Waals surface area contributed by atoms with E-state index in [9.17, 15) is 9.59 Å². The molecule has 0 saturated carbocycles. The Balaban J connectivity index is 1.24. The number of amides is 2. The third-order valence-corrected chi connectivity index (χ3v) is 6.80. The molecule has 0 spiro atoms. The van der Waals surface area contributed by atoms with E-state index in [0.717, 1.165) is 21.5 Å². The van der Waals surface area contributed by atoms with E-state index in [1.165, 1.54) is 11.3 Å². The maximum absolute atomic E-state index is 12.5. The normalized spacial score (nSPS) is 13.4. The molecule has 1 aliphatic rings. The zero-order valence-corrected chi connectivity index (χ0v) is 21.4. The summed E-state index contributed by atoms with van der Waals surface area (Å²) in [5, 5.41) is 3.44. The van der Waals surface area contributed by atoms with Crippen LogP contribution >= 0.6 is 11.3 Å². The van der Waals surface area contributed by atoms with Crippen molar-refractivity contribution in [2.24, 2.45) is 0 Å². The second-order valence-electron chi connectivity index (χ2n) is 8.33. The Labute approximate surface area is 214 Å². The lowest BCUT2D eigenvalue weighted by Crippen LogP contribution is -2.40. The van der Waals surface area contributed by atoms with Crippen molar-refractivity contribution in [3.8, 4) is 17.2 Å². The quantitative estimate of drug-likeness (QED) is 0.388. The summed E-state index contributed by atoms with van der Waals surface area (Å²) in [4.78, 5) is 31.1. The summed E-state index contributed by atoms with van der Waals surface area (Å²) in [5.41, 5.74) is 1.78. The minimum atomic E-state index is -0.106. The van der Waals surface area contributed by atoms with E-state index in [4.69, 9.17) is 18.9 Å². The maximum atomic E-state index is 12.5. The number of aromatic nitrogens is 1. The van der Waals surface area contributed by atoms with Gasteiger partial charge in [0, 0.05) is 25.9 Å². The van der Waals surface area contributed by atoms with Gasteiger partial charge >= 0.3 is 0 Å². The van der Waals surface area contributed by atoms with Crippen molar-refractivity contribution in [2.45, 2.75) is 25.7 Å². The van der Waals surface area contributed by atoms with Gasteiger partial charge in [-0.2, -0.15) is 0 Å². The number of hydrogen-bond donors (Lipinski definition) is 1. The minimum Gasteiger partial charge on any atom is -0.494 e. The molecule has 4 rings (SSSR count). The fourth-order valence-electron chi connectivity index (χ4n) is 3.91. The van der Waals surface area contributed by atoms with E-state index in [2.05, 4.69) is 10.3 Å². The smallest absolute Gasteiger partial charge is 0.226 e. The Bertz CT molecular complexity index is 1190. The molecule has 0 aliphatic carbocycles. The molecule has 192 valence electrons. The number of aryl methyl sites for hydroxylation is 1. The van der Waals surface area contributed by atoms with Crippen molar-refractivity contribution in [1.82, 2.24) is 9.88 Å². The molecule has 36 heavy (non-hydrogen) atoms. The van der Waals surface area contributed by atoms with Crippen LogP contribution in [0, 0.1) is 0 Å². The van der Waals surface area contributed by atoms with E-state index >= 15 is 0 Å². The standard InChI is InChI=1S/C26H31N3O6S/c1-32-21-9-5-18(16-22(21)33-2)6-10-24(30)28-26-27-20-8-7-19(17-23(20)36-26)35-13-3-4-25(31)29-11-14-34-15-12-29/h5,7-9,16-17H,3-4,6,10-15H2,1-2H3,(H,27,28,30). The highest BCUT2D eigenvalue weighted by molar-refractivity contribution is 7.22. The first-order chi connectivity index (χ1) is 17.6. The highest BCUT2D eigenvalue weighted by Gasteiger charge is 2.16. The number of morpholine rings is 1. The SMILES string of the molecule is COc1ccc(CCC(=O)Nc2nc3ccc(OCCCC(=O)N4CCOCC4)cc3s2)cc1OC. The molecule has 0 radical (unpaired) electrons. The van der Waals surface area contributed by atoms with Crippen LogP contribution in [0.5, 0.6) is 17.2 Å². The average molecular weight is 514 g/mol. The Morgan fingerprint density at radius 3 is 2.64 bits per heavy atom. The van der Waals surface area contributed by atoms with Crippen LogP contribution in [0.1, 0.15) is 24.8 Å². The van der Waals surface area contributed by atoms with Crippen LogP contribution in [0.2, 0.25) is 0 Å². The Kier molecular flexibility index (Phi) is 8.96. The van der Waals surface area contributed by atoms with Gasteiger partial charge in [0.25, 0.3) is 0 Å². The number of benzene rings is 2. The largest absolute Gasteiger partial charge is 0.494 e. The van der Waals surface area contributed by atoms with Crippen LogP contribution in [0.25, 0.3) is 10.2 Å². The van der Waals surface area contributed by atoms with Crippen molar-refractivity contribution < 1.29 is 28.5 Å². The number of anilines is 1. The highest BCUT2D eigenvalue weighted by Crippen LogP contribution is 2.30. The predicted octanol–water partition coefficient (Wildman–Crippen LogP) is 3.90. The molecule has 0 atom stereocenters. The molecule has 1 aromatic heterocycles. The van der Waals surface area contributed by atoms with Crippen molar-refractivity contribution >= 4 is 38.5 Å². The van der Waals surface area contributed by atoms with Crippen LogP contribution in [0.4, 0.5) is 5.13 Å². The fourth-order valence-corrected chi connectivity index (χ4v) is 4.82. The Morgan fingerprint density at radius 1 is 1.06 bits per heavy atom. The topological polar surface area (TPSA) is 99.2 Å². The van der Waals surface area contributed by atoms with Crippen LogP contribution < -0.4 is 19.5 Å². The van der Waals surface area contributed by atoms with Gasteiger partial charge in [-0.25, -0.2) is 4.98 Å². The van der Waals surface area contributed by atoms with Gasteiger partial charge < -0.3 is 29.2 Å². The summed E-state index contributed by atoms with van der Waals surface area (Å²) in [6.45, 7) is 3.00. The van der Waals surface area contributed by atoms with Crippen molar-refractivity contribution in [3.05, 3.63) is 42.0 Å². The number of thiazole rings is 1. The first-order valence-corrected chi connectivity index (χ1v) is 12.8. The fraction of sp³-hybridized carbons (Fsp3) is 0.423. The second-order valence-corrected chi connectivity index (χ2v) is 9.36. The summed E-state index contributed by atoms with van der Waals surface area (Å²) in [7, 11) is 3.18. The van der Waals surface area contributed by atoms with Crippen LogP contribution in [-0.4, -0.2) is 68.8 Å². The molecule has 9 nitrogen and oxygen atoms in total. The lowest BCUT2D eigenvalue weighted by molar-refractivity contribution is -0.135. The zero-order valence-electron chi connectivity index (χ0n) is 20.6. The molecule has 10 heteroatoms. The third kappa shape index (κ3) is 6.86. The number of carbonyl (C=O) groups is 2. The summed E-state index contributed by atoms with van der Waals surface area (Å²) >= 11 is 1.40. The molecule has 2 aromatic carbocycles.